The molecular formula is C11H10N4O5. The third-order valence-corrected chi connectivity index (χ3v) is 3.42. The molecular weight excluding hydrogens is 268 g/mol. The first kappa shape index (κ1) is 12.3. The van der Waals surface area contributed by atoms with Gasteiger partial charge in [-0.3, -0.25) is 10.1 Å². The molecule has 0 bridgehead atoms. The first-order valence-corrected chi connectivity index (χ1v) is 5.98. The number of non-ortho nitro benzene ring substituents is 1. The monoisotopic (exact) mass is 278 g/mol. The maximum Gasteiger partial charge on any atom is 0.326 e. The molecule has 1 N–H and O–H groups in total. The van der Waals surface area contributed by atoms with Gasteiger partial charge in [0.2, 0.25) is 5.52 Å². The number of hydrogen-bond donors (Lipinski definition) is 1. The molecule has 2 heterocycles. The summed E-state index contributed by atoms with van der Waals surface area (Å²) in [6.07, 6.45) is 1.26. The lowest BCUT2D eigenvalue weighted by molar-refractivity contribution is -0.383. The average molecular weight is 278 g/mol. The van der Waals surface area contributed by atoms with Gasteiger partial charge in [-0.2, -0.15) is 0 Å². The standard InChI is InChI=1S/C11H10N4O5/c16-11(17)8-2-1-5-14(8)6-3-4-7(15(18)19)10-9(6)12-20-13-10/h3-4,8H,1-2,5H2,(H,16,17)/t8-/m0/s1. The van der Waals surface area contributed by atoms with Gasteiger partial charge in [0.15, 0.2) is 5.52 Å². The maximum atomic E-state index is 11.2. The van der Waals surface area contributed by atoms with Gasteiger partial charge in [-0.05, 0) is 29.2 Å². The second-order valence-corrected chi connectivity index (χ2v) is 4.51. The highest BCUT2D eigenvalue weighted by Gasteiger charge is 2.33. The largest absolute Gasteiger partial charge is 0.480 e. The molecule has 1 aromatic carbocycles. The van der Waals surface area contributed by atoms with Crippen molar-refractivity contribution in [1.29, 1.82) is 0 Å². The summed E-state index contributed by atoms with van der Waals surface area (Å²) in [5.41, 5.74) is 0.531. The predicted molar refractivity (Wildman–Crippen MR) is 66.5 cm³/mol. The summed E-state index contributed by atoms with van der Waals surface area (Å²) in [6, 6.07) is 2.13. The number of hydrogen-bond acceptors (Lipinski definition) is 7. The minimum Gasteiger partial charge on any atom is -0.480 e. The molecule has 1 saturated heterocycles. The normalized spacial score (nSPS) is 18.6. The summed E-state index contributed by atoms with van der Waals surface area (Å²) in [5, 5.41) is 27.3. The summed E-state index contributed by atoms with van der Waals surface area (Å²) in [4.78, 5) is 23.2. The molecule has 1 fully saturated rings. The highest BCUT2D eigenvalue weighted by atomic mass is 16.6. The van der Waals surface area contributed by atoms with Crippen LogP contribution >= 0.6 is 0 Å². The molecule has 20 heavy (non-hydrogen) atoms. The van der Waals surface area contributed by atoms with Crippen LogP contribution in [0.5, 0.6) is 0 Å². The molecule has 1 aromatic heterocycles. The van der Waals surface area contributed by atoms with E-state index in [4.69, 9.17) is 0 Å². The van der Waals surface area contributed by atoms with E-state index in [0.717, 1.165) is 6.42 Å². The van der Waals surface area contributed by atoms with Gasteiger partial charge in [-0.25, -0.2) is 9.42 Å². The Balaban J connectivity index is 2.13. The van der Waals surface area contributed by atoms with Crippen LogP contribution < -0.4 is 4.90 Å². The molecule has 0 saturated carbocycles. The lowest BCUT2D eigenvalue weighted by Crippen LogP contribution is -2.36. The van der Waals surface area contributed by atoms with E-state index in [-0.39, 0.29) is 16.7 Å². The van der Waals surface area contributed by atoms with Gasteiger partial charge < -0.3 is 10.0 Å². The Morgan fingerprint density at radius 2 is 2.20 bits per heavy atom. The van der Waals surface area contributed by atoms with Crippen LogP contribution in [0.3, 0.4) is 0 Å². The van der Waals surface area contributed by atoms with E-state index >= 15 is 0 Å². The molecule has 9 heteroatoms. The van der Waals surface area contributed by atoms with Gasteiger partial charge in [0.25, 0.3) is 0 Å². The van der Waals surface area contributed by atoms with Crippen molar-refractivity contribution in [2.24, 2.45) is 0 Å². The van der Waals surface area contributed by atoms with Crippen molar-refractivity contribution < 1.29 is 19.5 Å². The van der Waals surface area contributed by atoms with E-state index in [1.54, 1.807) is 4.90 Å². The molecule has 1 aliphatic heterocycles. The van der Waals surface area contributed by atoms with Crippen LogP contribution in [-0.2, 0) is 4.79 Å². The third kappa shape index (κ3) is 1.75. The Labute approximate surface area is 111 Å². The van der Waals surface area contributed by atoms with E-state index in [0.29, 0.717) is 18.7 Å². The number of nitrogens with zero attached hydrogens (tertiary/aromatic N) is 4. The molecule has 0 spiro atoms. The number of aromatic nitrogens is 2. The summed E-state index contributed by atoms with van der Waals surface area (Å²) < 4.78 is 4.57. The topological polar surface area (TPSA) is 123 Å². The van der Waals surface area contributed by atoms with Gasteiger partial charge in [-0.1, -0.05) is 0 Å². The van der Waals surface area contributed by atoms with Gasteiger partial charge >= 0.3 is 11.7 Å². The van der Waals surface area contributed by atoms with Crippen molar-refractivity contribution in [1.82, 2.24) is 10.3 Å². The number of nitro groups is 1. The molecule has 2 aromatic rings. The molecule has 1 aliphatic rings. The van der Waals surface area contributed by atoms with Crippen LogP contribution in [0.1, 0.15) is 12.8 Å². The highest BCUT2D eigenvalue weighted by Crippen LogP contribution is 2.34. The number of benzene rings is 1. The lowest BCUT2D eigenvalue weighted by atomic mass is 10.2. The van der Waals surface area contributed by atoms with Gasteiger partial charge in [-0.15, -0.1) is 0 Å². The molecule has 104 valence electrons. The number of rotatable bonds is 3. The molecule has 3 rings (SSSR count). The van der Waals surface area contributed by atoms with E-state index in [9.17, 15) is 20.0 Å². The highest BCUT2D eigenvalue weighted by molar-refractivity contribution is 5.95. The smallest absolute Gasteiger partial charge is 0.326 e. The van der Waals surface area contributed by atoms with Crippen LogP contribution in [0.2, 0.25) is 0 Å². The number of carboxylic acid groups (broad SMARTS) is 1. The van der Waals surface area contributed by atoms with Crippen molar-refractivity contribution in [3.05, 3.63) is 22.2 Å². The number of fused-ring (bicyclic) bond motifs is 1. The Morgan fingerprint density at radius 1 is 1.45 bits per heavy atom. The summed E-state index contributed by atoms with van der Waals surface area (Å²) in [6.45, 7) is 0.552. The van der Waals surface area contributed by atoms with Gasteiger partial charge in [0, 0.05) is 12.6 Å². The number of carbonyl (C=O) groups is 1. The van der Waals surface area contributed by atoms with Crippen molar-refractivity contribution in [2.45, 2.75) is 18.9 Å². The Bertz CT molecular complexity index is 697. The second kappa shape index (κ2) is 4.44. The number of nitro benzene ring substituents is 1. The zero-order valence-electron chi connectivity index (χ0n) is 10.2. The van der Waals surface area contributed by atoms with Crippen molar-refractivity contribution >= 4 is 28.4 Å². The first-order valence-electron chi connectivity index (χ1n) is 5.98. The number of aliphatic carboxylic acids is 1. The van der Waals surface area contributed by atoms with Crippen molar-refractivity contribution in [2.75, 3.05) is 11.4 Å². The summed E-state index contributed by atoms with van der Waals surface area (Å²) in [7, 11) is 0. The third-order valence-electron chi connectivity index (χ3n) is 3.42. The zero-order chi connectivity index (χ0) is 14.3. The number of carboxylic acids is 1. The molecule has 0 aliphatic carbocycles. The molecule has 1 atom stereocenters. The fraction of sp³-hybridized carbons (Fsp3) is 0.364. The Hall–Kier alpha value is -2.71. The Morgan fingerprint density at radius 3 is 2.90 bits per heavy atom. The molecule has 9 nitrogen and oxygen atoms in total. The SMILES string of the molecule is O=C(O)[C@@H]1CCCN1c1ccc([N+](=O)[O-])c2nonc12. The minimum atomic E-state index is -0.926. The van der Waals surface area contributed by atoms with Gasteiger partial charge in [0.1, 0.15) is 6.04 Å². The lowest BCUT2D eigenvalue weighted by Gasteiger charge is -2.23. The maximum absolute atomic E-state index is 11.2. The fourth-order valence-corrected chi connectivity index (χ4v) is 2.53. The first-order chi connectivity index (χ1) is 9.59. The molecule has 0 amide bonds. The summed E-state index contributed by atoms with van der Waals surface area (Å²) in [5.74, 6) is -0.926. The van der Waals surface area contributed by atoms with Gasteiger partial charge in [0.05, 0.1) is 10.6 Å². The quantitative estimate of drug-likeness (QED) is 0.655. The predicted octanol–water partition coefficient (Wildman–Crippen LogP) is 1.18. The van der Waals surface area contributed by atoms with E-state index in [1.807, 2.05) is 0 Å². The number of anilines is 1. The summed E-state index contributed by atoms with van der Waals surface area (Å²) >= 11 is 0. The van der Waals surface area contributed by atoms with E-state index < -0.39 is 16.9 Å². The molecule has 0 radical (unpaired) electrons. The second-order valence-electron chi connectivity index (χ2n) is 4.51. The minimum absolute atomic E-state index is 0.0311. The average Bonchev–Trinajstić information content (AvgIpc) is 3.06. The van der Waals surface area contributed by atoms with E-state index in [2.05, 4.69) is 14.9 Å². The van der Waals surface area contributed by atoms with Crippen LogP contribution in [-0.4, -0.2) is 38.9 Å². The van der Waals surface area contributed by atoms with E-state index in [1.165, 1.54) is 12.1 Å². The van der Waals surface area contributed by atoms with Crippen LogP contribution in [0.15, 0.2) is 16.8 Å². The fourth-order valence-electron chi connectivity index (χ4n) is 2.53. The Kier molecular flexibility index (Phi) is 2.74. The van der Waals surface area contributed by atoms with Crippen molar-refractivity contribution in [3.8, 4) is 0 Å². The van der Waals surface area contributed by atoms with Crippen LogP contribution in [0.25, 0.3) is 11.0 Å². The van der Waals surface area contributed by atoms with Crippen LogP contribution in [0, 0.1) is 10.1 Å². The van der Waals surface area contributed by atoms with Crippen LogP contribution in [0.4, 0.5) is 11.4 Å². The molecule has 0 unspecified atom stereocenters. The zero-order valence-corrected chi connectivity index (χ0v) is 10.2. The van der Waals surface area contributed by atoms with Crippen molar-refractivity contribution in [3.63, 3.8) is 0 Å².